The van der Waals surface area contributed by atoms with Crippen molar-refractivity contribution in [1.82, 2.24) is 19.9 Å². The summed E-state index contributed by atoms with van der Waals surface area (Å²) >= 11 is 7.91. The molecule has 0 atom stereocenters. The Bertz CT molecular complexity index is 2330. The summed E-state index contributed by atoms with van der Waals surface area (Å²) in [6.45, 7) is 5.03. The molecule has 15 nitrogen and oxygen atoms in total. The van der Waals surface area contributed by atoms with Crippen molar-refractivity contribution in [3.63, 3.8) is 0 Å². The summed E-state index contributed by atoms with van der Waals surface area (Å²) in [5.74, 6) is 0.454. The number of nitrogens with zero attached hydrogens (tertiary/aromatic N) is 5. The summed E-state index contributed by atoms with van der Waals surface area (Å²) in [7, 11) is -4.81. The standard InChI is InChI=1S/C46H59ClN6O9S2.K/c1-2-3-4-5-6-7-8-9-10-11-12-13-14-19-42(54)53(34-20-23-39-40(32-34)62-31-29-60-27-25-58-24-26-59-28-30-61-39)46-51-44(47)50-45(52-46)49-37-22-21-35(64(55,56)57)33-36(37)43-48-38-17-15-16-18-41(38)63-43;/h15-18,20-23,32-33H,2-14,19,24-31H2,1H3,(H,55,56,57)(H,49,50,51,52);/q;+1/p-1. The first-order valence-corrected chi connectivity index (χ1v) is 24.9. The molecule has 0 unspecified atom stereocenters. The molecule has 0 fully saturated rings. The Morgan fingerprint density at radius 2 is 1.32 bits per heavy atom. The third-order valence-corrected chi connectivity index (χ3v) is 12.6. The zero-order valence-electron chi connectivity index (χ0n) is 37.4. The molecule has 1 aliphatic rings. The Morgan fingerprint density at radius 3 is 1.95 bits per heavy atom. The zero-order chi connectivity index (χ0) is 45.0. The molecule has 1 amide bonds. The molecule has 6 rings (SSSR count). The minimum absolute atomic E-state index is 0. The first-order valence-electron chi connectivity index (χ1n) is 22.3. The number of hydrogen-bond donors (Lipinski definition) is 1. The van der Waals surface area contributed by atoms with E-state index in [0.29, 0.717) is 85.0 Å². The molecular formula is C46H58ClKN6O9S2. The Morgan fingerprint density at radius 1 is 0.723 bits per heavy atom. The third-order valence-electron chi connectivity index (χ3n) is 10.5. The summed E-state index contributed by atoms with van der Waals surface area (Å²) in [5, 5.41) is 3.37. The second kappa shape index (κ2) is 28.5. The van der Waals surface area contributed by atoms with Gasteiger partial charge in [-0.1, -0.05) is 96.1 Å². The van der Waals surface area contributed by atoms with Crippen LogP contribution in [0.4, 0.5) is 23.3 Å². The fourth-order valence-corrected chi connectivity index (χ4v) is 8.82. The quantitative estimate of drug-likeness (QED) is 0.0461. The summed E-state index contributed by atoms with van der Waals surface area (Å²) in [6.07, 6.45) is 15.5. The largest absolute Gasteiger partial charge is 1.00 e. The smallest absolute Gasteiger partial charge is 0.744 e. The van der Waals surface area contributed by atoms with E-state index in [-0.39, 0.29) is 94.1 Å². The fraction of sp³-hybridized carbons (Fsp3) is 0.500. The van der Waals surface area contributed by atoms with E-state index >= 15 is 0 Å². The SMILES string of the molecule is CCCCCCCCCCCCCCCC(=O)N(c1ccc2c(c1)OCCOCCOCCOCCO2)c1nc(Cl)nc(Nc2ccc(S(=O)(=O)[O-])cc2-c2nc3ccccc3s2)n1.[K+]. The number of amides is 1. The van der Waals surface area contributed by atoms with Crippen LogP contribution in [0, 0.1) is 0 Å². The van der Waals surface area contributed by atoms with E-state index in [1.165, 1.54) is 92.2 Å². The minimum Gasteiger partial charge on any atom is -0.744 e. The van der Waals surface area contributed by atoms with Crippen LogP contribution in [-0.2, 0) is 29.1 Å². The molecule has 346 valence electrons. The van der Waals surface area contributed by atoms with Crippen LogP contribution in [0.5, 0.6) is 11.5 Å². The topological polar surface area (TPSA) is 187 Å². The van der Waals surface area contributed by atoms with Gasteiger partial charge in [0, 0.05) is 18.1 Å². The number of anilines is 4. The van der Waals surface area contributed by atoms with Gasteiger partial charge < -0.3 is 33.6 Å². The van der Waals surface area contributed by atoms with Gasteiger partial charge in [-0.2, -0.15) is 15.0 Å². The average molecular weight is 978 g/mol. The average Bonchev–Trinajstić information content (AvgIpc) is 3.71. The maximum Gasteiger partial charge on any atom is 1.00 e. The molecule has 0 saturated carbocycles. The van der Waals surface area contributed by atoms with E-state index in [1.807, 2.05) is 24.3 Å². The molecule has 2 aromatic heterocycles. The second-order valence-corrected chi connectivity index (χ2v) is 18.1. The summed E-state index contributed by atoms with van der Waals surface area (Å²) in [6, 6.07) is 16.5. The number of thiazole rings is 1. The van der Waals surface area contributed by atoms with Gasteiger partial charge in [-0.3, -0.25) is 4.79 Å². The number of aromatic nitrogens is 4. The predicted octanol–water partition coefficient (Wildman–Crippen LogP) is 7.42. The molecule has 0 bridgehead atoms. The van der Waals surface area contributed by atoms with Crippen LogP contribution >= 0.6 is 22.9 Å². The van der Waals surface area contributed by atoms with Crippen LogP contribution in [-0.4, -0.2) is 91.7 Å². The second-order valence-electron chi connectivity index (χ2n) is 15.4. The number of carbonyl (C=O) groups excluding carboxylic acids is 1. The van der Waals surface area contributed by atoms with E-state index in [0.717, 1.165) is 24.0 Å². The number of hydrogen-bond acceptors (Lipinski definition) is 15. The third kappa shape index (κ3) is 17.3. The monoisotopic (exact) mass is 976 g/mol. The number of fused-ring (bicyclic) bond motifs is 2. The number of rotatable bonds is 20. The van der Waals surface area contributed by atoms with E-state index in [1.54, 1.807) is 18.2 Å². The van der Waals surface area contributed by atoms with Gasteiger partial charge in [0.1, 0.15) is 28.3 Å². The normalized spacial score (nSPS) is 14.0. The van der Waals surface area contributed by atoms with Crippen molar-refractivity contribution in [1.29, 1.82) is 0 Å². The molecule has 3 heterocycles. The van der Waals surface area contributed by atoms with Gasteiger partial charge >= 0.3 is 51.4 Å². The summed E-state index contributed by atoms with van der Waals surface area (Å²) in [5.41, 5.74) is 1.77. The van der Waals surface area contributed by atoms with Gasteiger partial charge in [-0.25, -0.2) is 18.3 Å². The predicted molar refractivity (Wildman–Crippen MR) is 248 cm³/mol. The van der Waals surface area contributed by atoms with E-state index in [9.17, 15) is 17.8 Å². The van der Waals surface area contributed by atoms with E-state index in [4.69, 9.17) is 40.3 Å². The van der Waals surface area contributed by atoms with Crippen LogP contribution in [0.15, 0.2) is 65.6 Å². The number of carbonyl (C=O) groups is 1. The van der Waals surface area contributed by atoms with Gasteiger partial charge in [-0.15, -0.1) is 11.3 Å². The molecule has 0 saturated heterocycles. The molecule has 1 aliphatic heterocycles. The van der Waals surface area contributed by atoms with Crippen molar-refractivity contribution in [2.75, 3.05) is 63.1 Å². The Labute approximate surface area is 433 Å². The number of ether oxygens (including phenoxy) is 5. The zero-order valence-corrected chi connectivity index (χ0v) is 42.9. The Hall–Kier alpha value is -2.85. The van der Waals surface area contributed by atoms with E-state index < -0.39 is 15.0 Å². The van der Waals surface area contributed by atoms with Crippen LogP contribution in [0.25, 0.3) is 20.8 Å². The maximum absolute atomic E-state index is 14.4. The molecule has 0 spiro atoms. The van der Waals surface area contributed by atoms with Crippen molar-refractivity contribution < 1.29 is 92.8 Å². The maximum atomic E-state index is 14.4. The fourth-order valence-electron chi connectivity index (χ4n) is 7.18. The van der Waals surface area contributed by atoms with Gasteiger partial charge in [0.25, 0.3) is 0 Å². The molecule has 5 aromatic rings. The molecule has 0 aliphatic carbocycles. The molecule has 3 aromatic carbocycles. The Balaban J connectivity index is 0.00000793. The van der Waals surface area contributed by atoms with Crippen LogP contribution in [0.3, 0.4) is 0 Å². The first kappa shape index (κ1) is 53.1. The molecule has 65 heavy (non-hydrogen) atoms. The van der Waals surface area contributed by atoms with Crippen molar-refractivity contribution in [3.8, 4) is 22.1 Å². The number of halogens is 1. The van der Waals surface area contributed by atoms with Crippen molar-refractivity contribution in [2.45, 2.75) is 102 Å². The van der Waals surface area contributed by atoms with Gasteiger partial charge in [0.15, 0.2) is 11.5 Å². The molecule has 0 radical (unpaired) electrons. The number of unbranched alkanes of at least 4 members (excludes halogenated alkanes) is 12. The number of benzene rings is 3. The Kier molecular flexibility index (Phi) is 23.3. The minimum atomic E-state index is -4.81. The first-order chi connectivity index (χ1) is 31.2. The summed E-state index contributed by atoms with van der Waals surface area (Å²) < 4.78 is 66.3. The van der Waals surface area contributed by atoms with Crippen molar-refractivity contribution in [2.24, 2.45) is 0 Å². The molecular weight excluding hydrogens is 919 g/mol. The van der Waals surface area contributed by atoms with Crippen LogP contribution in [0.2, 0.25) is 5.28 Å². The van der Waals surface area contributed by atoms with Crippen molar-refractivity contribution in [3.05, 3.63) is 65.9 Å². The number of nitrogens with one attached hydrogen (secondary N) is 1. The van der Waals surface area contributed by atoms with Crippen LogP contribution < -0.4 is 71.1 Å². The van der Waals surface area contributed by atoms with Gasteiger partial charge in [0.2, 0.25) is 23.1 Å². The van der Waals surface area contributed by atoms with Gasteiger partial charge in [0.05, 0.1) is 66.1 Å². The molecule has 1 N–H and O–H groups in total. The van der Waals surface area contributed by atoms with E-state index in [2.05, 4.69) is 27.2 Å². The van der Waals surface area contributed by atoms with Gasteiger partial charge in [-0.05, 0) is 60.5 Å². The number of para-hydroxylation sites is 1. The summed E-state index contributed by atoms with van der Waals surface area (Å²) in [4.78, 5) is 33.5. The van der Waals surface area contributed by atoms with Crippen molar-refractivity contribution >= 4 is 72.5 Å². The molecule has 19 heteroatoms. The van der Waals surface area contributed by atoms with Crippen LogP contribution in [0.1, 0.15) is 96.8 Å².